The first-order valence-electron chi connectivity index (χ1n) is 6.67. The molecule has 3 N–H and O–H groups in total. The van der Waals surface area contributed by atoms with Crippen LogP contribution in [0, 0.1) is 5.41 Å². The summed E-state index contributed by atoms with van der Waals surface area (Å²) in [7, 11) is 4.02. The zero-order valence-electron chi connectivity index (χ0n) is 12.4. The van der Waals surface area contributed by atoms with E-state index in [0.29, 0.717) is 6.54 Å². The van der Waals surface area contributed by atoms with Crippen molar-refractivity contribution in [1.29, 1.82) is 0 Å². The normalized spacial score (nSPS) is 14.2. The maximum absolute atomic E-state index is 12.3. The van der Waals surface area contributed by atoms with Crippen molar-refractivity contribution >= 4 is 11.6 Å². The van der Waals surface area contributed by atoms with Gasteiger partial charge in [-0.1, -0.05) is 25.1 Å². The number of benzene rings is 1. The Bertz CT molecular complexity index is 425. The Morgan fingerprint density at radius 1 is 1.37 bits per heavy atom. The van der Waals surface area contributed by atoms with Crippen molar-refractivity contribution in [2.24, 2.45) is 11.1 Å². The number of carbonyl (C=O) groups excluding carboxylic acids is 1. The lowest BCUT2D eigenvalue weighted by Gasteiger charge is -2.26. The van der Waals surface area contributed by atoms with E-state index in [1.165, 1.54) is 0 Å². The number of carbonyl (C=O) groups is 1. The van der Waals surface area contributed by atoms with Crippen molar-refractivity contribution in [2.75, 3.05) is 26.0 Å². The van der Waals surface area contributed by atoms with Gasteiger partial charge >= 0.3 is 0 Å². The number of para-hydroxylation sites is 1. The van der Waals surface area contributed by atoms with Crippen molar-refractivity contribution in [3.8, 4) is 0 Å². The van der Waals surface area contributed by atoms with Gasteiger partial charge in [-0.25, -0.2) is 0 Å². The molecule has 4 nitrogen and oxygen atoms in total. The molecule has 1 unspecified atom stereocenters. The van der Waals surface area contributed by atoms with Gasteiger partial charge in [-0.3, -0.25) is 4.79 Å². The maximum atomic E-state index is 12.3. The molecule has 1 aromatic carbocycles. The fourth-order valence-corrected chi connectivity index (χ4v) is 1.79. The second kappa shape index (κ2) is 6.68. The van der Waals surface area contributed by atoms with Crippen LogP contribution in [0.15, 0.2) is 24.3 Å². The number of nitrogens with one attached hydrogen (secondary N) is 1. The molecular formula is C15H25N3O. The molecule has 1 aromatic rings. The molecule has 1 rings (SSSR count). The number of hydrogen-bond donors (Lipinski definition) is 2. The lowest BCUT2D eigenvalue weighted by atomic mass is 9.86. The number of nitrogens with two attached hydrogens (primary N) is 1. The van der Waals surface area contributed by atoms with E-state index in [9.17, 15) is 4.79 Å². The van der Waals surface area contributed by atoms with Gasteiger partial charge in [-0.2, -0.15) is 0 Å². The summed E-state index contributed by atoms with van der Waals surface area (Å²) in [6.45, 7) is 5.03. The lowest BCUT2D eigenvalue weighted by Crippen LogP contribution is -2.39. The van der Waals surface area contributed by atoms with Crippen LogP contribution in [-0.4, -0.2) is 31.4 Å². The molecule has 0 fully saturated rings. The van der Waals surface area contributed by atoms with Crippen LogP contribution in [0.1, 0.15) is 25.8 Å². The van der Waals surface area contributed by atoms with Crippen molar-refractivity contribution < 1.29 is 4.79 Å². The minimum absolute atomic E-state index is 0.0105. The Hall–Kier alpha value is -1.39. The van der Waals surface area contributed by atoms with Crippen molar-refractivity contribution in [1.82, 2.24) is 4.90 Å². The third kappa shape index (κ3) is 4.04. The SMILES string of the molecule is CCC(C)(CN)C(=O)Nc1ccccc1CN(C)C. The molecule has 0 aliphatic heterocycles. The van der Waals surface area contributed by atoms with Crippen LogP contribution in [0.2, 0.25) is 0 Å². The zero-order valence-corrected chi connectivity index (χ0v) is 12.4. The summed E-state index contributed by atoms with van der Waals surface area (Å²) < 4.78 is 0. The van der Waals surface area contributed by atoms with Crippen LogP contribution >= 0.6 is 0 Å². The summed E-state index contributed by atoms with van der Waals surface area (Å²) in [6.07, 6.45) is 0.727. The van der Waals surface area contributed by atoms with E-state index >= 15 is 0 Å². The van der Waals surface area contributed by atoms with Gasteiger partial charge in [0.1, 0.15) is 0 Å². The van der Waals surface area contributed by atoms with Crippen molar-refractivity contribution in [3.05, 3.63) is 29.8 Å². The molecule has 19 heavy (non-hydrogen) atoms. The van der Waals surface area contributed by atoms with Gasteiger partial charge in [-0.15, -0.1) is 0 Å². The van der Waals surface area contributed by atoms with Gasteiger partial charge in [0.2, 0.25) is 5.91 Å². The summed E-state index contributed by atoms with van der Waals surface area (Å²) in [5.41, 5.74) is 7.19. The molecule has 0 radical (unpaired) electrons. The monoisotopic (exact) mass is 263 g/mol. The first kappa shape index (κ1) is 15.7. The van der Waals surface area contributed by atoms with E-state index in [1.807, 2.05) is 52.2 Å². The van der Waals surface area contributed by atoms with Crippen LogP contribution in [0.5, 0.6) is 0 Å². The second-order valence-corrected chi connectivity index (χ2v) is 5.47. The van der Waals surface area contributed by atoms with Crippen LogP contribution < -0.4 is 11.1 Å². The predicted octanol–water partition coefficient (Wildman–Crippen LogP) is 2.06. The summed E-state index contributed by atoms with van der Waals surface area (Å²) in [5.74, 6) is -0.0105. The first-order valence-corrected chi connectivity index (χ1v) is 6.67. The molecule has 0 aliphatic rings. The van der Waals surface area contributed by atoms with E-state index < -0.39 is 5.41 Å². The van der Waals surface area contributed by atoms with Gasteiger partial charge in [-0.05, 0) is 39.1 Å². The molecular weight excluding hydrogens is 238 g/mol. The molecule has 1 atom stereocenters. The molecule has 4 heteroatoms. The summed E-state index contributed by atoms with van der Waals surface area (Å²) in [5, 5.41) is 3.01. The van der Waals surface area contributed by atoms with E-state index in [-0.39, 0.29) is 5.91 Å². The van der Waals surface area contributed by atoms with Gasteiger partial charge in [0.15, 0.2) is 0 Å². The molecule has 0 aromatic heterocycles. The zero-order chi connectivity index (χ0) is 14.5. The Balaban J connectivity index is 2.90. The van der Waals surface area contributed by atoms with Gasteiger partial charge in [0, 0.05) is 18.8 Å². The smallest absolute Gasteiger partial charge is 0.231 e. The van der Waals surface area contributed by atoms with E-state index in [2.05, 4.69) is 10.2 Å². The maximum Gasteiger partial charge on any atom is 0.231 e. The first-order chi connectivity index (χ1) is 8.92. The van der Waals surface area contributed by atoms with E-state index in [4.69, 9.17) is 5.73 Å². The lowest BCUT2D eigenvalue weighted by molar-refractivity contribution is -0.124. The molecule has 0 heterocycles. The molecule has 0 saturated carbocycles. The summed E-state index contributed by atoms with van der Waals surface area (Å²) in [4.78, 5) is 14.4. The molecule has 0 saturated heterocycles. The van der Waals surface area contributed by atoms with E-state index in [0.717, 1.165) is 24.2 Å². The average Bonchev–Trinajstić information content (AvgIpc) is 2.39. The predicted molar refractivity (Wildman–Crippen MR) is 79.9 cm³/mol. The number of rotatable bonds is 6. The van der Waals surface area contributed by atoms with Crippen LogP contribution in [0.4, 0.5) is 5.69 Å². The molecule has 106 valence electrons. The number of nitrogens with zero attached hydrogens (tertiary/aromatic N) is 1. The largest absolute Gasteiger partial charge is 0.329 e. The molecule has 0 spiro atoms. The van der Waals surface area contributed by atoms with Crippen LogP contribution in [0.25, 0.3) is 0 Å². The Morgan fingerprint density at radius 3 is 2.53 bits per heavy atom. The van der Waals surface area contributed by atoms with Gasteiger partial charge in [0.05, 0.1) is 5.41 Å². The fraction of sp³-hybridized carbons (Fsp3) is 0.533. The standard InChI is InChI=1S/C15H25N3O/c1-5-15(2,11-16)14(19)17-13-9-7-6-8-12(13)10-18(3)4/h6-9H,5,10-11,16H2,1-4H3,(H,17,19). The molecule has 1 amide bonds. The Kier molecular flexibility index (Phi) is 5.51. The topological polar surface area (TPSA) is 58.4 Å². The van der Waals surface area contributed by atoms with Crippen LogP contribution in [0.3, 0.4) is 0 Å². The second-order valence-electron chi connectivity index (χ2n) is 5.47. The quantitative estimate of drug-likeness (QED) is 0.826. The number of amides is 1. The van der Waals surface area contributed by atoms with Gasteiger partial charge < -0.3 is 16.0 Å². The third-order valence-corrected chi connectivity index (χ3v) is 3.53. The number of hydrogen-bond acceptors (Lipinski definition) is 3. The minimum Gasteiger partial charge on any atom is -0.329 e. The fourth-order valence-electron chi connectivity index (χ4n) is 1.79. The highest BCUT2D eigenvalue weighted by atomic mass is 16.2. The molecule has 0 bridgehead atoms. The van der Waals surface area contributed by atoms with Crippen LogP contribution in [-0.2, 0) is 11.3 Å². The van der Waals surface area contributed by atoms with Crippen molar-refractivity contribution in [3.63, 3.8) is 0 Å². The molecule has 0 aliphatic carbocycles. The summed E-state index contributed by atoms with van der Waals surface area (Å²) in [6, 6.07) is 7.88. The highest BCUT2D eigenvalue weighted by Gasteiger charge is 2.29. The average molecular weight is 263 g/mol. The highest BCUT2D eigenvalue weighted by molar-refractivity contribution is 5.95. The Morgan fingerprint density at radius 2 is 2.00 bits per heavy atom. The van der Waals surface area contributed by atoms with E-state index in [1.54, 1.807) is 0 Å². The highest BCUT2D eigenvalue weighted by Crippen LogP contribution is 2.24. The third-order valence-electron chi connectivity index (χ3n) is 3.53. The Labute approximate surface area is 116 Å². The van der Waals surface area contributed by atoms with Crippen molar-refractivity contribution in [2.45, 2.75) is 26.8 Å². The summed E-state index contributed by atoms with van der Waals surface area (Å²) >= 11 is 0. The number of anilines is 1. The van der Waals surface area contributed by atoms with Gasteiger partial charge in [0.25, 0.3) is 0 Å². The minimum atomic E-state index is -0.509.